The first-order valence-electron chi connectivity index (χ1n) is 7.43. The summed E-state index contributed by atoms with van der Waals surface area (Å²) in [5, 5.41) is 3.31. The zero-order valence-corrected chi connectivity index (χ0v) is 12.8. The van der Waals surface area contributed by atoms with Crippen molar-refractivity contribution in [2.24, 2.45) is 0 Å². The Bertz CT molecular complexity index is 390. The normalized spacial score (nSPS) is 21.6. The smallest absolute Gasteiger partial charge is 0.119 e. The number of nitrogens with one attached hydrogen (secondary N) is 1. The Balaban J connectivity index is 1.84. The fraction of sp³-hybridized carbons (Fsp3) is 0.625. The molecule has 1 fully saturated rings. The van der Waals surface area contributed by atoms with Crippen LogP contribution in [0.25, 0.3) is 0 Å². The maximum absolute atomic E-state index is 5.82. The molecule has 2 atom stereocenters. The van der Waals surface area contributed by atoms with E-state index in [4.69, 9.17) is 9.47 Å². The Morgan fingerprint density at radius 1 is 1.40 bits per heavy atom. The Labute approximate surface area is 122 Å². The van der Waals surface area contributed by atoms with E-state index in [0.29, 0.717) is 12.6 Å². The maximum atomic E-state index is 5.82. The van der Waals surface area contributed by atoms with Crippen LogP contribution in [-0.4, -0.2) is 51.4 Å². The minimum absolute atomic E-state index is 0.175. The van der Waals surface area contributed by atoms with Gasteiger partial charge in [-0.1, -0.05) is 19.1 Å². The van der Waals surface area contributed by atoms with Gasteiger partial charge in [-0.3, -0.25) is 0 Å². The Morgan fingerprint density at radius 3 is 2.75 bits per heavy atom. The molecule has 4 nitrogen and oxygen atoms in total. The molecule has 1 N–H and O–H groups in total. The first kappa shape index (κ1) is 15.3. The molecule has 0 radical (unpaired) electrons. The number of hydrogen-bond acceptors (Lipinski definition) is 4. The minimum atomic E-state index is 0.175. The van der Waals surface area contributed by atoms with Gasteiger partial charge in [-0.2, -0.15) is 0 Å². The topological polar surface area (TPSA) is 33.7 Å². The maximum Gasteiger partial charge on any atom is 0.119 e. The standard InChI is InChI=1S/C16H26N2O2/c1-4-16(17-2)13-5-7-14(8-6-13)20-12-15-11-18(3)9-10-19-15/h5-8,15-17H,4,9-12H2,1-3H3. The average Bonchev–Trinajstić information content (AvgIpc) is 2.48. The van der Waals surface area contributed by atoms with Crippen molar-refractivity contribution < 1.29 is 9.47 Å². The number of likely N-dealkylation sites (N-methyl/N-ethyl adjacent to an activating group) is 1. The monoisotopic (exact) mass is 278 g/mol. The quantitative estimate of drug-likeness (QED) is 0.863. The van der Waals surface area contributed by atoms with Crippen LogP contribution < -0.4 is 10.1 Å². The van der Waals surface area contributed by atoms with Crippen molar-refractivity contribution in [1.29, 1.82) is 0 Å². The molecule has 0 spiro atoms. The first-order chi connectivity index (χ1) is 9.72. The SMILES string of the molecule is CCC(NC)c1ccc(OCC2CN(C)CCO2)cc1. The second-order valence-corrected chi connectivity index (χ2v) is 5.38. The van der Waals surface area contributed by atoms with Crippen molar-refractivity contribution in [2.45, 2.75) is 25.5 Å². The summed E-state index contributed by atoms with van der Waals surface area (Å²) in [6.45, 7) is 5.54. The summed E-state index contributed by atoms with van der Waals surface area (Å²) in [7, 11) is 4.11. The number of rotatable bonds is 6. The molecule has 20 heavy (non-hydrogen) atoms. The van der Waals surface area contributed by atoms with Crippen molar-refractivity contribution in [3.63, 3.8) is 0 Å². The number of ether oxygens (including phenoxy) is 2. The molecular formula is C16H26N2O2. The van der Waals surface area contributed by atoms with Crippen LogP contribution in [0.1, 0.15) is 24.9 Å². The predicted molar refractivity (Wildman–Crippen MR) is 81.3 cm³/mol. The minimum Gasteiger partial charge on any atom is -0.491 e. The highest BCUT2D eigenvalue weighted by atomic mass is 16.5. The lowest BCUT2D eigenvalue weighted by Gasteiger charge is -2.29. The van der Waals surface area contributed by atoms with Gasteiger partial charge >= 0.3 is 0 Å². The van der Waals surface area contributed by atoms with Crippen LogP contribution in [0, 0.1) is 0 Å². The zero-order chi connectivity index (χ0) is 14.4. The fourth-order valence-electron chi connectivity index (χ4n) is 2.56. The highest BCUT2D eigenvalue weighted by molar-refractivity contribution is 5.29. The summed E-state index contributed by atoms with van der Waals surface area (Å²) in [5.41, 5.74) is 1.30. The van der Waals surface area contributed by atoms with E-state index in [1.54, 1.807) is 0 Å². The number of hydrogen-bond donors (Lipinski definition) is 1. The molecule has 0 amide bonds. The van der Waals surface area contributed by atoms with E-state index in [0.717, 1.165) is 31.9 Å². The van der Waals surface area contributed by atoms with Crippen LogP contribution in [0.15, 0.2) is 24.3 Å². The van der Waals surface area contributed by atoms with Crippen molar-refractivity contribution in [2.75, 3.05) is 40.4 Å². The number of nitrogens with zero attached hydrogens (tertiary/aromatic N) is 1. The van der Waals surface area contributed by atoms with Crippen molar-refractivity contribution in [3.05, 3.63) is 29.8 Å². The average molecular weight is 278 g/mol. The highest BCUT2D eigenvalue weighted by Crippen LogP contribution is 2.20. The lowest BCUT2D eigenvalue weighted by Crippen LogP contribution is -2.42. The van der Waals surface area contributed by atoms with Crippen LogP contribution in [-0.2, 0) is 4.74 Å². The largest absolute Gasteiger partial charge is 0.491 e. The predicted octanol–water partition coefficient (Wildman–Crippen LogP) is 2.07. The second-order valence-electron chi connectivity index (χ2n) is 5.38. The van der Waals surface area contributed by atoms with E-state index in [9.17, 15) is 0 Å². The van der Waals surface area contributed by atoms with Crippen LogP contribution in [0.5, 0.6) is 5.75 Å². The third-order valence-electron chi connectivity index (χ3n) is 3.82. The lowest BCUT2D eigenvalue weighted by molar-refractivity contribution is -0.0403. The van der Waals surface area contributed by atoms with Gasteiger partial charge in [0.1, 0.15) is 18.5 Å². The van der Waals surface area contributed by atoms with E-state index >= 15 is 0 Å². The molecule has 0 bridgehead atoms. The third-order valence-corrected chi connectivity index (χ3v) is 3.82. The molecular weight excluding hydrogens is 252 g/mol. The van der Waals surface area contributed by atoms with Gasteiger partial charge in [-0.25, -0.2) is 0 Å². The molecule has 2 unspecified atom stereocenters. The molecule has 0 aromatic heterocycles. The van der Waals surface area contributed by atoms with Crippen LogP contribution in [0.3, 0.4) is 0 Å². The molecule has 4 heteroatoms. The van der Waals surface area contributed by atoms with Gasteiger partial charge < -0.3 is 19.7 Å². The first-order valence-corrected chi connectivity index (χ1v) is 7.43. The molecule has 2 rings (SSSR count). The van der Waals surface area contributed by atoms with Gasteiger partial charge in [0.25, 0.3) is 0 Å². The van der Waals surface area contributed by atoms with E-state index < -0.39 is 0 Å². The number of morpholine rings is 1. The van der Waals surface area contributed by atoms with Crippen molar-refractivity contribution >= 4 is 0 Å². The third kappa shape index (κ3) is 4.20. The summed E-state index contributed by atoms with van der Waals surface area (Å²) in [6.07, 6.45) is 1.26. The zero-order valence-electron chi connectivity index (χ0n) is 12.8. The molecule has 1 aromatic rings. The molecule has 1 aliphatic heterocycles. The van der Waals surface area contributed by atoms with Gasteiger partial charge in [-0.05, 0) is 38.2 Å². The van der Waals surface area contributed by atoms with E-state index in [-0.39, 0.29) is 6.10 Å². The molecule has 0 saturated carbocycles. The molecule has 112 valence electrons. The molecule has 1 aliphatic rings. The summed E-state index contributed by atoms with van der Waals surface area (Å²) in [4.78, 5) is 2.28. The number of benzene rings is 1. The van der Waals surface area contributed by atoms with Gasteiger partial charge in [0, 0.05) is 19.1 Å². The van der Waals surface area contributed by atoms with Gasteiger partial charge in [0.05, 0.1) is 6.61 Å². The lowest BCUT2D eigenvalue weighted by atomic mass is 10.0. The fourth-order valence-corrected chi connectivity index (χ4v) is 2.56. The Hall–Kier alpha value is -1.10. The van der Waals surface area contributed by atoms with Crippen LogP contribution >= 0.6 is 0 Å². The summed E-state index contributed by atoms with van der Waals surface area (Å²) < 4.78 is 11.5. The summed E-state index contributed by atoms with van der Waals surface area (Å²) in [5.74, 6) is 0.913. The molecule has 1 saturated heterocycles. The van der Waals surface area contributed by atoms with E-state index in [2.05, 4.69) is 36.3 Å². The van der Waals surface area contributed by atoms with Crippen LogP contribution in [0.4, 0.5) is 0 Å². The summed E-state index contributed by atoms with van der Waals surface area (Å²) in [6, 6.07) is 8.77. The second kappa shape index (κ2) is 7.62. The Morgan fingerprint density at radius 2 is 2.15 bits per heavy atom. The molecule has 0 aliphatic carbocycles. The van der Waals surface area contributed by atoms with Gasteiger partial charge in [-0.15, -0.1) is 0 Å². The van der Waals surface area contributed by atoms with Gasteiger partial charge in [0.15, 0.2) is 0 Å². The highest BCUT2D eigenvalue weighted by Gasteiger charge is 2.18. The van der Waals surface area contributed by atoms with E-state index in [1.165, 1.54) is 5.56 Å². The van der Waals surface area contributed by atoms with Crippen LogP contribution in [0.2, 0.25) is 0 Å². The van der Waals surface area contributed by atoms with E-state index in [1.807, 2.05) is 19.2 Å². The van der Waals surface area contributed by atoms with Crippen molar-refractivity contribution in [1.82, 2.24) is 10.2 Å². The Kier molecular flexibility index (Phi) is 5.83. The molecule has 1 aromatic carbocycles. The molecule has 1 heterocycles. The van der Waals surface area contributed by atoms with Gasteiger partial charge in [0.2, 0.25) is 0 Å². The van der Waals surface area contributed by atoms with Crippen molar-refractivity contribution in [3.8, 4) is 5.75 Å². The summed E-state index contributed by atoms with van der Waals surface area (Å²) >= 11 is 0.